The van der Waals surface area contributed by atoms with Crippen molar-refractivity contribution < 1.29 is 38.3 Å². The summed E-state index contributed by atoms with van der Waals surface area (Å²) in [6.45, 7) is 10.3. The van der Waals surface area contributed by atoms with Gasteiger partial charge in [0, 0.05) is 34.9 Å². The highest BCUT2D eigenvalue weighted by atomic mass is 35.5. The van der Waals surface area contributed by atoms with Gasteiger partial charge in [-0.25, -0.2) is 4.79 Å². The Balaban J connectivity index is 1.37. The number of carbonyl (C=O) groups is 5. The number of benzene rings is 1. The number of oxime groups is 1. The fourth-order valence-electron chi connectivity index (χ4n) is 6.17. The van der Waals surface area contributed by atoms with Crippen molar-refractivity contribution in [3.63, 3.8) is 0 Å². The Morgan fingerprint density at radius 2 is 1.88 bits per heavy atom. The van der Waals surface area contributed by atoms with Crippen LogP contribution in [0.3, 0.4) is 0 Å². The molecule has 262 valence electrons. The molecule has 3 aliphatic heterocycles. The van der Waals surface area contributed by atoms with Gasteiger partial charge in [0.05, 0.1) is 31.5 Å². The lowest BCUT2D eigenvalue weighted by Crippen LogP contribution is -2.59. The van der Waals surface area contributed by atoms with E-state index in [-0.39, 0.29) is 37.5 Å². The molecule has 3 heterocycles. The number of ketones is 1. The summed E-state index contributed by atoms with van der Waals surface area (Å²) < 4.78 is 10.7. The van der Waals surface area contributed by atoms with Crippen LogP contribution in [0.1, 0.15) is 78.7 Å². The Morgan fingerprint density at radius 1 is 1.15 bits per heavy atom. The van der Waals surface area contributed by atoms with E-state index in [1.807, 2.05) is 19.9 Å². The summed E-state index contributed by atoms with van der Waals surface area (Å²) in [5, 5.41) is 13.1. The zero-order valence-electron chi connectivity index (χ0n) is 28.2. The molecular weight excluding hydrogens is 642 g/mol. The van der Waals surface area contributed by atoms with Crippen LogP contribution in [0.4, 0.5) is 4.79 Å². The number of rotatable bonds is 12. The fraction of sp³-hybridized carbons (Fsp3) is 0.647. The highest BCUT2D eigenvalue weighted by Gasteiger charge is 2.56. The molecule has 1 aromatic rings. The van der Waals surface area contributed by atoms with Gasteiger partial charge in [0.1, 0.15) is 18.7 Å². The molecule has 0 radical (unpaired) electrons. The Morgan fingerprint density at radius 3 is 2.48 bits per heavy atom. The summed E-state index contributed by atoms with van der Waals surface area (Å²) in [5.74, 6) is -2.57. The number of hydrogen-bond acceptors (Lipinski definition) is 9. The second-order valence-corrected chi connectivity index (χ2v) is 15.4. The third-order valence-corrected chi connectivity index (χ3v) is 9.39. The first-order valence-corrected chi connectivity index (χ1v) is 17.0. The lowest BCUT2D eigenvalue weighted by atomic mass is 9.85. The van der Waals surface area contributed by atoms with E-state index in [0.29, 0.717) is 36.8 Å². The number of carbonyl (C=O) groups excluding carboxylic acids is 5. The molecule has 1 aromatic carbocycles. The average Bonchev–Trinajstić information content (AvgIpc) is 3.61. The zero-order chi connectivity index (χ0) is 34.9. The van der Waals surface area contributed by atoms with E-state index in [1.165, 1.54) is 4.90 Å². The highest BCUT2D eigenvalue weighted by Crippen LogP contribution is 2.40. The quantitative estimate of drug-likeness (QED) is 0.282. The monoisotopic (exact) mass is 687 g/mol. The van der Waals surface area contributed by atoms with E-state index < -0.39 is 58.7 Å². The first kappa shape index (κ1) is 35.6. The van der Waals surface area contributed by atoms with Crippen LogP contribution in [0.25, 0.3) is 0 Å². The van der Waals surface area contributed by atoms with Gasteiger partial charge in [-0.1, -0.05) is 69.9 Å². The van der Waals surface area contributed by atoms with Crippen LogP contribution in [0.5, 0.6) is 0 Å². The van der Waals surface area contributed by atoms with Crippen molar-refractivity contribution in [3.05, 3.63) is 34.9 Å². The van der Waals surface area contributed by atoms with Crippen molar-refractivity contribution in [1.29, 1.82) is 0 Å². The predicted octanol–water partition coefficient (Wildman–Crippen LogP) is 3.11. The van der Waals surface area contributed by atoms with Crippen LogP contribution in [-0.4, -0.2) is 96.3 Å². The third kappa shape index (κ3) is 8.28. The summed E-state index contributed by atoms with van der Waals surface area (Å²) in [4.78, 5) is 74.7. The summed E-state index contributed by atoms with van der Waals surface area (Å²) in [6.07, 6.45) is 2.01. The van der Waals surface area contributed by atoms with Gasteiger partial charge in [0.25, 0.3) is 5.91 Å². The lowest BCUT2D eigenvalue weighted by Gasteiger charge is -2.38. The fourth-order valence-corrected chi connectivity index (χ4v) is 6.36. The van der Waals surface area contributed by atoms with Gasteiger partial charge >= 0.3 is 6.09 Å². The van der Waals surface area contributed by atoms with Crippen LogP contribution in [0, 0.1) is 10.8 Å². The SMILES string of the molecule is CCC[C@H](NC(=O)[C@@H]1C[C@]2(CC(c3cccc(Cl)c3)=NO2)CN1C(=O)[C@@H](NC(=O)OCC1(C)COC1)C(C)(C)C)C(=O)C(=O)NC1CC1. The van der Waals surface area contributed by atoms with E-state index in [4.69, 9.17) is 25.9 Å². The van der Waals surface area contributed by atoms with E-state index >= 15 is 0 Å². The van der Waals surface area contributed by atoms with Gasteiger partial charge in [0.2, 0.25) is 17.6 Å². The molecule has 0 unspecified atom stereocenters. The third-order valence-electron chi connectivity index (χ3n) is 9.16. The predicted molar refractivity (Wildman–Crippen MR) is 176 cm³/mol. The smallest absolute Gasteiger partial charge is 0.407 e. The maximum absolute atomic E-state index is 14.4. The van der Waals surface area contributed by atoms with E-state index in [2.05, 4.69) is 21.1 Å². The summed E-state index contributed by atoms with van der Waals surface area (Å²) in [7, 11) is 0. The molecule has 48 heavy (non-hydrogen) atoms. The van der Waals surface area contributed by atoms with Crippen molar-refractivity contribution in [2.24, 2.45) is 16.0 Å². The summed E-state index contributed by atoms with van der Waals surface area (Å²) in [6, 6.07) is 3.91. The second-order valence-electron chi connectivity index (χ2n) is 15.0. The summed E-state index contributed by atoms with van der Waals surface area (Å²) >= 11 is 6.23. The van der Waals surface area contributed by atoms with Crippen molar-refractivity contribution in [3.8, 4) is 0 Å². The van der Waals surface area contributed by atoms with E-state index in [1.54, 1.807) is 39.0 Å². The highest BCUT2D eigenvalue weighted by molar-refractivity contribution is 6.38. The number of likely N-dealkylation sites (tertiary alicyclic amines) is 1. The molecule has 4 aliphatic rings. The number of nitrogens with zero attached hydrogens (tertiary/aromatic N) is 2. The first-order valence-electron chi connectivity index (χ1n) is 16.6. The minimum Gasteiger partial charge on any atom is -0.449 e. The number of nitrogens with one attached hydrogen (secondary N) is 3. The molecule has 3 fully saturated rings. The zero-order valence-corrected chi connectivity index (χ0v) is 29.0. The molecule has 1 saturated carbocycles. The summed E-state index contributed by atoms with van der Waals surface area (Å²) in [5.41, 5.74) is -0.750. The molecule has 14 heteroatoms. The van der Waals surface area contributed by atoms with Crippen molar-refractivity contribution >= 4 is 46.9 Å². The van der Waals surface area contributed by atoms with Gasteiger partial charge < -0.3 is 35.2 Å². The number of halogens is 1. The van der Waals surface area contributed by atoms with Crippen LogP contribution in [-0.2, 0) is 33.5 Å². The molecule has 4 atom stereocenters. The van der Waals surface area contributed by atoms with Crippen LogP contribution in [0.2, 0.25) is 5.02 Å². The standard InChI is InChI=1S/C34H46ClN5O8/c1-6-8-23(26(41)29(43)36-22-11-12-22)37-28(42)25-15-34(14-24(39-48-34)20-9-7-10-21(35)13-20)16-40(25)30(44)27(32(2,3)4)38-31(45)47-19-33(5)17-46-18-33/h7,9-10,13,22-23,25,27H,6,8,11-12,14-19H2,1-5H3,(H,36,43)(H,37,42)(H,38,45)/t23-,25-,27+,34+/m0/s1. The normalized spacial score (nSPS) is 24.1. The number of hydrogen-bond donors (Lipinski definition) is 3. The van der Waals surface area contributed by atoms with Crippen molar-refractivity contribution in [2.45, 2.75) is 103 Å². The Bertz CT molecular complexity index is 1470. The van der Waals surface area contributed by atoms with Gasteiger partial charge in [-0.3, -0.25) is 19.2 Å². The molecule has 13 nitrogen and oxygen atoms in total. The molecule has 0 bridgehead atoms. The number of Topliss-reactive ketones (excluding diaryl/α,β-unsaturated/α-hetero) is 1. The molecule has 0 aromatic heterocycles. The van der Waals surface area contributed by atoms with Gasteiger partial charge in [0.15, 0.2) is 5.60 Å². The van der Waals surface area contributed by atoms with Crippen molar-refractivity contribution in [2.75, 3.05) is 26.4 Å². The van der Waals surface area contributed by atoms with Crippen LogP contribution in [0.15, 0.2) is 29.4 Å². The minimum absolute atomic E-state index is 0.00917. The number of ether oxygens (including phenoxy) is 2. The van der Waals surface area contributed by atoms with Gasteiger partial charge in [-0.05, 0) is 36.8 Å². The van der Waals surface area contributed by atoms with E-state index in [9.17, 15) is 24.0 Å². The maximum atomic E-state index is 14.4. The van der Waals surface area contributed by atoms with E-state index in [0.717, 1.165) is 18.4 Å². The Labute approximate surface area is 285 Å². The van der Waals surface area contributed by atoms with Gasteiger partial charge in [-0.15, -0.1) is 0 Å². The van der Waals surface area contributed by atoms with Crippen molar-refractivity contribution in [1.82, 2.24) is 20.9 Å². The average molecular weight is 688 g/mol. The first-order chi connectivity index (χ1) is 22.6. The molecule has 2 saturated heterocycles. The van der Waals surface area contributed by atoms with Crippen LogP contribution < -0.4 is 16.0 Å². The topological polar surface area (TPSA) is 165 Å². The molecule has 5 rings (SSSR count). The second kappa shape index (κ2) is 14.0. The molecular formula is C34H46ClN5O8. The Hall–Kier alpha value is -3.71. The number of amides is 4. The van der Waals surface area contributed by atoms with Crippen LogP contribution >= 0.6 is 11.6 Å². The molecule has 1 spiro atoms. The molecule has 3 N–H and O–H groups in total. The molecule has 1 aliphatic carbocycles. The molecule has 4 amide bonds. The van der Waals surface area contributed by atoms with Gasteiger partial charge in [-0.2, -0.15) is 0 Å². The largest absolute Gasteiger partial charge is 0.449 e. The number of alkyl carbamates (subject to hydrolysis) is 1. The minimum atomic E-state index is -1.08. The lowest BCUT2D eigenvalue weighted by molar-refractivity contribution is -0.144. The Kier molecular flexibility index (Phi) is 10.4. The maximum Gasteiger partial charge on any atom is 0.407 e.